The molecule has 0 saturated carbocycles. The lowest BCUT2D eigenvalue weighted by molar-refractivity contribution is -0.132. The molecule has 2 heterocycles. The van der Waals surface area contributed by atoms with Gasteiger partial charge in [-0.15, -0.1) is 11.3 Å². The number of carbonyl (C=O) groups excluding carboxylic acids is 1. The lowest BCUT2D eigenvalue weighted by Crippen LogP contribution is -2.47. The van der Waals surface area contributed by atoms with Gasteiger partial charge in [-0.2, -0.15) is 0 Å². The first-order valence-electron chi connectivity index (χ1n) is 8.09. The van der Waals surface area contributed by atoms with E-state index in [1.807, 2.05) is 4.90 Å². The molecule has 0 bridgehead atoms. The van der Waals surface area contributed by atoms with E-state index in [2.05, 4.69) is 48.5 Å². The molecule has 23 heavy (non-hydrogen) atoms. The van der Waals surface area contributed by atoms with Gasteiger partial charge in [0.2, 0.25) is 5.91 Å². The molecule has 0 spiro atoms. The van der Waals surface area contributed by atoms with Crippen LogP contribution in [0, 0.1) is 6.92 Å². The molecule has 1 aromatic carbocycles. The van der Waals surface area contributed by atoms with Gasteiger partial charge in [0.05, 0.1) is 5.69 Å². The summed E-state index contributed by atoms with van der Waals surface area (Å²) in [5.41, 5.74) is 3.42. The smallest absolute Gasteiger partial charge is 0.223 e. The van der Waals surface area contributed by atoms with Crippen molar-refractivity contribution in [2.45, 2.75) is 19.8 Å². The number of rotatable bonds is 4. The molecule has 4 nitrogen and oxygen atoms in total. The summed E-state index contributed by atoms with van der Waals surface area (Å²) in [7, 11) is 2.10. The van der Waals surface area contributed by atoms with Crippen LogP contribution in [0.2, 0.25) is 0 Å². The fraction of sp³-hybridized carbons (Fsp3) is 0.444. The van der Waals surface area contributed by atoms with E-state index in [1.165, 1.54) is 5.56 Å². The minimum atomic E-state index is 0.253. The first-order valence-corrected chi connectivity index (χ1v) is 8.97. The van der Waals surface area contributed by atoms with Crippen molar-refractivity contribution in [1.82, 2.24) is 14.8 Å². The van der Waals surface area contributed by atoms with Crippen LogP contribution >= 0.6 is 11.3 Å². The summed E-state index contributed by atoms with van der Waals surface area (Å²) in [5, 5.41) is 3.12. The van der Waals surface area contributed by atoms with Crippen molar-refractivity contribution in [2.75, 3.05) is 33.2 Å². The van der Waals surface area contributed by atoms with Gasteiger partial charge in [0.25, 0.3) is 0 Å². The first kappa shape index (κ1) is 16.1. The van der Waals surface area contributed by atoms with Crippen LogP contribution in [0.4, 0.5) is 0 Å². The Bertz CT molecular complexity index is 674. The van der Waals surface area contributed by atoms with Gasteiger partial charge in [-0.05, 0) is 26.5 Å². The third kappa shape index (κ3) is 4.18. The van der Waals surface area contributed by atoms with Crippen LogP contribution in [0.1, 0.15) is 17.7 Å². The summed E-state index contributed by atoms with van der Waals surface area (Å²) in [6, 6.07) is 8.39. The monoisotopic (exact) mass is 329 g/mol. The molecule has 2 aromatic rings. The van der Waals surface area contributed by atoms with Crippen LogP contribution in [-0.4, -0.2) is 53.9 Å². The highest BCUT2D eigenvalue weighted by Crippen LogP contribution is 2.25. The summed E-state index contributed by atoms with van der Waals surface area (Å²) < 4.78 is 0. The second-order valence-electron chi connectivity index (χ2n) is 6.20. The fourth-order valence-corrected chi connectivity index (χ4v) is 3.63. The van der Waals surface area contributed by atoms with E-state index in [9.17, 15) is 4.79 Å². The molecule has 0 atom stereocenters. The molecule has 1 saturated heterocycles. The Kier molecular flexibility index (Phi) is 5.08. The van der Waals surface area contributed by atoms with Crippen LogP contribution in [0.15, 0.2) is 29.6 Å². The van der Waals surface area contributed by atoms with E-state index in [4.69, 9.17) is 4.98 Å². The number of aromatic nitrogens is 1. The van der Waals surface area contributed by atoms with Crippen LogP contribution in [0.25, 0.3) is 10.6 Å². The van der Waals surface area contributed by atoms with Crippen molar-refractivity contribution in [3.05, 3.63) is 40.9 Å². The molecule has 122 valence electrons. The topological polar surface area (TPSA) is 36.4 Å². The first-order chi connectivity index (χ1) is 11.1. The standard InChI is InChI=1S/C18H23N3OS/c1-14-4-3-5-15(12-14)18-19-16(13-23-18)6-7-17(22)21-10-8-20(2)9-11-21/h3-5,12-13H,6-11H2,1-2H3. The van der Waals surface area contributed by atoms with Crippen molar-refractivity contribution >= 4 is 17.2 Å². The summed E-state index contributed by atoms with van der Waals surface area (Å²) in [6.45, 7) is 5.73. The van der Waals surface area contributed by atoms with E-state index >= 15 is 0 Å². The predicted octanol–water partition coefficient (Wildman–Crippen LogP) is 2.83. The van der Waals surface area contributed by atoms with Crippen molar-refractivity contribution in [2.24, 2.45) is 0 Å². The van der Waals surface area contributed by atoms with Gasteiger partial charge in [0.15, 0.2) is 0 Å². The number of benzene rings is 1. The van der Waals surface area contributed by atoms with Crippen molar-refractivity contribution in [3.8, 4) is 10.6 Å². The van der Waals surface area contributed by atoms with E-state index < -0.39 is 0 Å². The Hall–Kier alpha value is -1.72. The molecule has 1 aliphatic rings. The van der Waals surface area contributed by atoms with E-state index in [-0.39, 0.29) is 5.91 Å². The highest BCUT2D eigenvalue weighted by Gasteiger charge is 2.19. The Balaban J connectivity index is 1.56. The highest BCUT2D eigenvalue weighted by atomic mass is 32.1. The molecular weight excluding hydrogens is 306 g/mol. The second-order valence-corrected chi connectivity index (χ2v) is 7.06. The maximum absolute atomic E-state index is 12.3. The number of aryl methyl sites for hydroxylation is 2. The highest BCUT2D eigenvalue weighted by molar-refractivity contribution is 7.13. The molecule has 0 N–H and O–H groups in total. The van der Waals surface area contributed by atoms with Gasteiger partial charge < -0.3 is 9.80 Å². The minimum absolute atomic E-state index is 0.253. The predicted molar refractivity (Wildman–Crippen MR) is 94.7 cm³/mol. The molecule has 5 heteroatoms. The Morgan fingerprint density at radius 1 is 1.26 bits per heavy atom. The molecular formula is C18H23N3OS. The van der Waals surface area contributed by atoms with Gasteiger partial charge in [0.1, 0.15) is 5.01 Å². The molecule has 1 amide bonds. The van der Waals surface area contributed by atoms with Crippen LogP contribution in [-0.2, 0) is 11.2 Å². The van der Waals surface area contributed by atoms with Gasteiger partial charge >= 0.3 is 0 Å². The number of amides is 1. The quantitative estimate of drug-likeness (QED) is 0.865. The molecule has 3 rings (SSSR count). The fourth-order valence-electron chi connectivity index (χ4n) is 2.78. The lowest BCUT2D eigenvalue weighted by Gasteiger charge is -2.32. The number of likely N-dealkylation sites (N-methyl/N-ethyl adjacent to an activating group) is 1. The third-order valence-corrected chi connectivity index (χ3v) is 5.21. The maximum atomic E-state index is 12.3. The average Bonchev–Trinajstić information content (AvgIpc) is 3.02. The molecule has 1 aromatic heterocycles. The number of thiazole rings is 1. The summed E-state index contributed by atoms with van der Waals surface area (Å²) in [5.74, 6) is 0.253. The minimum Gasteiger partial charge on any atom is -0.340 e. The van der Waals surface area contributed by atoms with Gasteiger partial charge in [-0.3, -0.25) is 4.79 Å². The maximum Gasteiger partial charge on any atom is 0.223 e. The van der Waals surface area contributed by atoms with Crippen molar-refractivity contribution in [3.63, 3.8) is 0 Å². The van der Waals surface area contributed by atoms with Crippen molar-refractivity contribution < 1.29 is 4.79 Å². The van der Waals surface area contributed by atoms with Gasteiger partial charge in [-0.25, -0.2) is 4.98 Å². The zero-order chi connectivity index (χ0) is 16.2. The second kappa shape index (κ2) is 7.23. The number of hydrogen-bond acceptors (Lipinski definition) is 4. The van der Waals surface area contributed by atoms with E-state index in [1.54, 1.807) is 11.3 Å². The Morgan fingerprint density at radius 2 is 2.04 bits per heavy atom. The molecule has 1 aliphatic heterocycles. The largest absolute Gasteiger partial charge is 0.340 e. The lowest BCUT2D eigenvalue weighted by atomic mass is 10.1. The average molecular weight is 329 g/mol. The summed E-state index contributed by atoms with van der Waals surface area (Å²) in [6.07, 6.45) is 1.29. The molecule has 0 unspecified atom stereocenters. The SMILES string of the molecule is Cc1cccc(-c2nc(CCC(=O)N3CCN(C)CC3)cs2)c1. The molecule has 1 fully saturated rings. The third-order valence-electron chi connectivity index (χ3n) is 4.27. The zero-order valence-corrected chi connectivity index (χ0v) is 14.6. The number of nitrogens with zero attached hydrogens (tertiary/aromatic N) is 3. The number of hydrogen-bond donors (Lipinski definition) is 0. The van der Waals surface area contributed by atoms with Crippen LogP contribution in [0.5, 0.6) is 0 Å². The Labute approximate surface area is 141 Å². The van der Waals surface area contributed by atoms with Crippen LogP contribution in [0.3, 0.4) is 0 Å². The van der Waals surface area contributed by atoms with Gasteiger partial charge in [0, 0.05) is 43.5 Å². The summed E-state index contributed by atoms with van der Waals surface area (Å²) >= 11 is 1.66. The zero-order valence-electron chi connectivity index (χ0n) is 13.8. The molecule has 0 aliphatic carbocycles. The van der Waals surface area contributed by atoms with E-state index in [0.717, 1.165) is 48.9 Å². The van der Waals surface area contributed by atoms with Crippen LogP contribution < -0.4 is 0 Å². The van der Waals surface area contributed by atoms with Gasteiger partial charge in [-0.1, -0.05) is 23.8 Å². The number of piperazine rings is 1. The normalized spacial score (nSPS) is 15.8. The number of carbonyl (C=O) groups is 1. The molecule has 0 radical (unpaired) electrons. The van der Waals surface area contributed by atoms with E-state index in [0.29, 0.717) is 6.42 Å². The summed E-state index contributed by atoms with van der Waals surface area (Å²) in [4.78, 5) is 21.2. The van der Waals surface area contributed by atoms with Crippen molar-refractivity contribution in [1.29, 1.82) is 0 Å². The Morgan fingerprint density at radius 3 is 2.78 bits per heavy atom.